The van der Waals surface area contributed by atoms with Crippen LogP contribution in [-0.4, -0.2) is 18.5 Å². The van der Waals surface area contributed by atoms with Crippen molar-refractivity contribution in [1.29, 1.82) is 0 Å². The summed E-state index contributed by atoms with van der Waals surface area (Å²) in [6.45, 7) is 2.70. The maximum absolute atomic E-state index is 13.2. The highest BCUT2D eigenvalue weighted by Crippen LogP contribution is 2.19. The highest BCUT2D eigenvalue weighted by molar-refractivity contribution is 9.10. The molecule has 0 bridgehead atoms. The normalized spacial score (nSPS) is 10.8. The van der Waals surface area contributed by atoms with Crippen molar-refractivity contribution in [2.45, 2.75) is 110 Å². The average molecular weight is 516 g/mol. The van der Waals surface area contributed by atoms with Crippen LogP contribution in [0.4, 0.5) is 4.39 Å². The van der Waals surface area contributed by atoms with Crippen LogP contribution >= 0.6 is 15.9 Å². The number of carbonyl (C=O) groups is 2. The molecule has 0 saturated heterocycles. The van der Waals surface area contributed by atoms with Gasteiger partial charge in [0.15, 0.2) is 0 Å². The van der Waals surface area contributed by atoms with Crippen molar-refractivity contribution in [2.75, 3.05) is 6.61 Å². The van der Waals surface area contributed by atoms with Gasteiger partial charge in [0.25, 0.3) is 0 Å². The minimum atomic E-state index is -0.407. The van der Waals surface area contributed by atoms with Crippen LogP contribution < -0.4 is 0 Å². The molecule has 0 atom stereocenters. The van der Waals surface area contributed by atoms with Gasteiger partial charge in [0.2, 0.25) is 0 Å². The van der Waals surface area contributed by atoms with Crippen molar-refractivity contribution in [1.82, 2.24) is 0 Å². The van der Waals surface area contributed by atoms with E-state index in [1.165, 1.54) is 76.3 Å². The third-order valence-corrected chi connectivity index (χ3v) is 6.19. The monoisotopic (exact) mass is 514 g/mol. The lowest BCUT2D eigenvalue weighted by molar-refractivity contribution is -0.146. The molecule has 182 valence electrons. The van der Waals surface area contributed by atoms with Gasteiger partial charge < -0.3 is 9.47 Å². The fraction of sp³-hybridized carbons (Fsp3) is 0.692. The van der Waals surface area contributed by atoms with E-state index in [0.717, 1.165) is 12.8 Å². The van der Waals surface area contributed by atoms with Gasteiger partial charge in [0.05, 0.1) is 6.61 Å². The zero-order valence-electron chi connectivity index (χ0n) is 19.6. The number of benzene rings is 1. The van der Waals surface area contributed by atoms with Gasteiger partial charge in [-0.2, -0.15) is 0 Å². The summed E-state index contributed by atoms with van der Waals surface area (Å²) in [6.07, 6.45) is 16.0. The molecule has 0 aliphatic heterocycles. The van der Waals surface area contributed by atoms with Crippen molar-refractivity contribution in [3.05, 3.63) is 34.1 Å². The Morgan fingerprint density at radius 2 is 1.31 bits per heavy atom. The lowest BCUT2D eigenvalue weighted by atomic mass is 10.1. The largest absolute Gasteiger partial charge is 0.466 e. The summed E-state index contributed by atoms with van der Waals surface area (Å²) >= 11 is 3.30. The number of esters is 2. The summed E-state index contributed by atoms with van der Waals surface area (Å²) in [4.78, 5) is 23.6. The summed E-state index contributed by atoms with van der Waals surface area (Å²) in [7, 11) is 0. The first-order valence-electron chi connectivity index (χ1n) is 12.3. The summed E-state index contributed by atoms with van der Waals surface area (Å²) in [6, 6.07) is 4.23. The molecule has 0 heterocycles. The van der Waals surface area contributed by atoms with Crippen LogP contribution in [0.25, 0.3) is 0 Å². The van der Waals surface area contributed by atoms with Gasteiger partial charge >= 0.3 is 11.9 Å². The lowest BCUT2D eigenvalue weighted by Crippen LogP contribution is -2.09. The average Bonchev–Trinajstić information content (AvgIpc) is 2.77. The minimum absolute atomic E-state index is 0.000577. The number of carbonyl (C=O) groups excluding carboxylic acids is 2. The zero-order valence-corrected chi connectivity index (χ0v) is 21.2. The SMILES string of the molecule is CCCCCCCCCCCCCCOC(=O)CCCC(=O)OCc1cc(F)ccc1Br. The van der Waals surface area contributed by atoms with E-state index in [4.69, 9.17) is 9.47 Å². The second-order valence-corrected chi connectivity index (χ2v) is 9.21. The van der Waals surface area contributed by atoms with Crippen molar-refractivity contribution >= 4 is 27.9 Å². The molecular formula is C26H40BrFO4. The zero-order chi connectivity index (χ0) is 23.4. The summed E-state index contributed by atoms with van der Waals surface area (Å²) < 4.78 is 24.3. The number of unbranched alkanes of at least 4 members (excludes halogenated alkanes) is 11. The van der Waals surface area contributed by atoms with Crippen LogP contribution in [0.1, 0.15) is 109 Å². The molecule has 0 fully saturated rings. The van der Waals surface area contributed by atoms with E-state index >= 15 is 0 Å². The van der Waals surface area contributed by atoms with E-state index in [0.29, 0.717) is 23.1 Å². The van der Waals surface area contributed by atoms with Crippen molar-refractivity contribution in [2.24, 2.45) is 0 Å². The van der Waals surface area contributed by atoms with Gasteiger partial charge in [-0.15, -0.1) is 0 Å². The Morgan fingerprint density at radius 1 is 0.781 bits per heavy atom. The summed E-state index contributed by atoms with van der Waals surface area (Å²) in [5.41, 5.74) is 0.570. The van der Waals surface area contributed by atoms with E-state index in [1.54, 1.807) is 6.07 Å². The third-order valence-electron chi connectivity index (χ3n) is 5.42. The Kier molecular flexibility index (Phi) is 17.1. The molecular weight excluding hydrogens is 475 g/mol. The van der Waals surface area contributed by atoms with E-state index in [-0.39, 0.29) is 31.2 Å². The van der Waals surface area contributed by atoms with Crippen LogP contribution in [-0.2, 0) is 25.7 Å². The predicted octanol–water partition coefficient (Wildman–Crippen LogP) is 8.05. The van der Waals surface area contributed by atoms with Crippen LogP contribution in [0.2, 0.25) is 0 Å². The third kappa shape index (κ3) is 15.4. The molecule has 0 unspecified atom stereocenters. The Labute approximate surface area is 201 Å². The molecule has 32 heavy (non-hydrogen) atoms. The number of rotatable bonds is 19. The first kappa shape index (κ1) is 28.6. The minimum Gasteiger partial charge on any atom is -0.466 e. The molecule has 1 aromatic carbocycles. The van der Waals surface area contributed by atoms with Gasteiger partial charge in [-0.3, -0.25) is 9.59 Å². The molecule has 0 amide bonds. The van der Waals surface area contributed by atoms with Crippen LogP contribution in [0.15, 0.2) is 22.7 Å². The Balaban J connectivity index is 1.91. The maximum atomic E-state index is 13.2. The molecule has 0 saturated carbocycles. The van der Waals surface area contributed by atoms with E-state index in [1.807, 2.05) is 0 Å². The molecule has 0 aromatic heterocycles. The Bertz CT molecular complexity index is 651. The molecule has 0 aliphatic carbocycles. The van der Waals surface area contributed by atoms with Gasteiger partial charge in [-0.05, 0) is 31.0 Å². The molecule has 4 nitrogen and oxygen atoms in total. The smallest absolute Gasteiger partial charge is 0.306 e. The molecule has 1 rings (SSSR count). The van der Waals surface area contributed by atoms with Crippen molar-refractivity contribution in [3.8, 4) is 0 Å². The van der Waals surface area contributed by atoms with Crippen LogP contribution in [0.3, 0.4) is 0 Å². The highest BCUT2D eigenvalue weighted by atomic mass is 79.9. The Morgan fingerprint density at radius 3 is 1.91 bits per heavy atom. The fourth-order valence-electron chi connectivity index (χ4n) is 3.46. The number of halogens is 2. The molecule has 0 spiro atoms. The predicted molar refractivity (Wildman–Crippen MR) is 130 cm³/mol. The molecule has 0 N–H and O–H groups in total. The van der Waals surface area contributed by atoms with Crippen molar-refractivity contribution < 1.29 is 23.5 Å². The van der Waals surface area contributed by atoms with Crippen LogP contribution in [0.5, 0.6) is 0 Å². The number of ether oxygens (including phenoxy) is 2. The first-order chi connectivity index (χ1) is 15.5. The second-order valence-electron chi connectivity index (χ2n) is 8.36. The molecule has 1 aromatic rings. The topological polar surface area (TPSA) is 52.6 Å². The Hall–Kier alpha value is -1.43. The molecule has 6 heteroatoms. The van der Waals surface area contributed by atoms with Crippen LogP contribution in [0, 0.1) is 5.82 Å². The summed E-state index contributed by atoms with van der Waals surface area (Å²) in [5.74, 6) is -1.06. The standard InChI is InChI=1S/C26H40BrFO4/c1-2-3-4-5-6-7-8-9-10-11-12-13-19-31-25(29)15-14-16-26(30)32-21-22-20-23(28)17-18-24(22)27/h17-18,20H,2-16,19,21H2,1H3. The molecule has 0 aliphatic rings. The van der Waals surface area contributed by atoms with E-state index in [9.17, 15) is 14.0 Å². The van der Waals surface area contributed by atoms with Gasteiger partial charge in [0.1, 0.15) is 12.4 Å². The van der Waals surface area contributed by atoms with Gasteiger partial charge in [-0.1, -0.05) is 93.5 Å². The highest BCUT2D eigenvalue weighted by Gasteiger charge is 2.09. The van der Waals surface area contributed by atoms with Gasteiger partial charge in [-0.25, -0.2) is 4.39 Å². The lowest BCUT2D eigenvalue weighted by Gasteiger charge is -2.07. The number of hydrogen-bond acceptors (Lipinski definition) is 4. The second kappa shape index (κ2) is 19.1. The van der Waals surface area contributed by atoms with E-state index in [2.05, 4.69) is 22.9 Å². The maximum Gasteiger partial charge on any atom is 0.306 e. The summed E-state index contributed by atoms with van der Waals surface area (Å²) in [5, 5.41) is 0. The first-order valence-corrected chi connectivity index (χ1v) is 13.1. The molecule has 0 radical (unpaired) electrons. The fourth-order valence-corrected chi connectivity index (χ4v) is 3.82. The quantitative estimate of drug-likeness (QED) is 0.138. The van der Waals surface area contributed by atoms with E-state index < -0.39 is 5.97 Å². The van der Waals surface area contributed by atoms with Crippen molar-refractivity contribution in [3.63, 3.8) is 0 Å². The van der Waals surface area contributed by atoms with Gasteiger partial charge in [0, 0.05) is 22.9 Å². The number of hydrogen-bond donors (Lipinski definition) is 0.